The van der Waals surface area contributed by atoms with Crippen LogP contribution in [0.5, 0.6) is 0 Å². The first-order valence-electron chi connectivity index (χ1n) is 42.3. The summed E-state index contributed by atoms with van der Waals surface area (Å²) in [4.78, 5) is 73.1. The van der Waals surface area contributed by atoms with Crippen molar-refractivity contribution in [2.75, 3.05) is 39.6 Å². The second kappa shape index (κ2) is 75.3. The van der Waals surface area contributed by atoms with Gasteiger partial charge in [-0.3, -0.25) is 37.3 Å². The standard InChI is InChI=1S/C81H158O17P2/c1-5-9-13-17-21-25-29-33-36-38-39-41-44-48-52-56-60-64-68-81(86)98-77(72-92-79(84)66-62-58-54-50-46-43-40-37-34-30-26-22-18-14-10-6-2)74-96-100(89,90)94-70-75(82)69-93-99(87,88)95-73-76(71-91-78(83)65-61-57-53-49-45-32-28-24-20-16-12-8-4)97-80(85)67-63-59-55-51-47-42-35-31-27-23-19-15-11-7-3/h75-77,82H,5-74H2,1-4H3,(H,87,88)(H,89,90)/t75-,76+,77+/m0/s1. The maximum atomic E-state index is 13.1. The molecule has 100 heavy (non-hydrogen) atoms. The topological polar surface area (TPSA) is 237 Å². The molecule has 594 valence electrons. The van der Waals surface area contributed by atoms with Crippen LogP contribution < -0.4 is 0 Å². The van der Waals surface area contributed by atoms with Crippen molar-refractivity contribution in [3.63, 3.8) is 0 Å². The first-order valence-corrected chi connectivity index (χ1v) is 45.3. The third kappa shape index (κ3) is 74.3. The van der Waals surface area contributed by atoms with Crippen molar-refractivity contribution >= 4 is 39.5 Å². The second-order valence-electron chi connectivity index (χ2n) is 29.2. The van der Waals surface area contributed by atoms with Crippen LogP contribution in [0.3, 0.4) is 0 Å². The van der Waals surface area contributed by atoms with Crippen LogP contribution >= 0.6 is 15.6 Å². The lowest BCUT2D eigenvalue weighted by Crippen LogP contribution is -2.30. The molecule has 0 saturated carbocycles. The molecule has 0 bridgehead atoms. The van der Waals surface area contributed by atoms with E-state index in [1.807, 2.05) is 0 Å². The van der Waals surface area contributed by atoms with Crippen molar-refractivity contribution in [1.82, 2.24) is 0 Å². The number of carbonyl (C=O) groups excluding carboxylic acids is 4. The predicted molar refractivity (Wildman–Crippen MR) is 409 cm³/mol. The van der Waals surface area contributed by atoms with Gasteiger partial charge in [0.2, 0.25) is 0 Å². The van der Waals surface area contributed by atoms with Gasteiger partial charge < -0.3 is 33.8 Å². The molecule has 0 rings (SSSR count). The van der Waals surface area contributed by atoms with Crippen molar-refractivity contribution in [1.29, 1.82) is 0 Å². The average molecular weight is 1470 g/mol. The van der Waals surface area contributed by atoms with E-state index in [1.165, 1.54) is 270 Å². The summed E-state index contributed by atoms with van der Waals surface area (Å²) in [6.07, 6.45) is 67.8. The Morgan fingerprint density at radius 1 is 0.240 bits per heavy atom. The maximum Gasteiger partial charge on any atom is 0.472 e. The Balaban J connectivity index is 5.25. The van der Waals surface area contributed by atoms with Crippen LogP contribution in [0.25, 0.3) is 0 Å². The lowest BCUT2D eigenvalue weighted by Gasteiger charge is -2.21. The Labute approximate surface area is 613 Å². The van der Waals surface area contributed by atoms with Crippen LogP contribution in [0, 0.1) is 0 Å². The summed E-state index contributed by atoms with van der Waals surface area (Å²) in [5.74, 6) is -2.10. The van der Waals surface area contributed by atoms with E-state index in [4.69, 9.17) is 37.0 Å². The summed E-state index contributed by atoms with van der Waals surface area (Å²) >= 11 is 0. The fourth-order valence-electron chi connectivity index (χ4n) is 12.6. The molecule has 0 radical (unpaired) electrons. The smallest absolute Gasteiger partial charge is 0.462 e. The number of ether oxygens (including phenoxy) is 4. The molecule has 0 aromatic carbocycles. The van der Waals surface area contributed by atoms with Gasteiger partial charge in [-0.25, -0.2) is 9.13 Å². The van der Waals surface area contributed by atoms with Crippen LogP contribution in [0.2, 0.25) is 0 Å². The Morgan fingerprint density at radius 2 is 0.400 bits per heavy atom. The van der Waals surface area contributed by atoms with E-state index in [-0.39, 0.29) is 25.7 Å². The molecule has 0 heterocycles. The third-order valence-corrected chi connectivity index (χ3v) is 21.0. The number of phosphoric ester groups is 2. The molecule has 0 fully saturated rings. The van der Waals surface area contributed by atoms with Crippen molar-refractivity contribution in [3.8, 4) is 0 Å². The van der Waals surface area contributed by atoms with Crippen LogP contribution in [0.4, 0.5) is 0 Å². The first kappa shape index (κ1) is 98.1. The summed E-state index contributed by atoms with van der Waals surface area (Å²) < 4.78 is 68.8. The van der Waals surface area contributed by atoms with E-state index in [0.29, 0.717) is 25.7 Å². The van der Waals surface area contributed by atoms with Gasteiger partial charge in [-0.05, 0) is 25.7 Å². The summed E-state index contributed by atoms with van der Waals surface area (Å²) in [5, 5.41) is 10.6. The zero-order chi connectivity index (χ0) is 73.2. The van der Waals surface area contributed by atoms with Crippen molar-refractivity contribution in [2.24, 2.45) is 0 Å². The van der Waals surface area contributed by atoms with Crippen LogP contribution in [0.15, 0.2) is 0 Å². The van der Waals surface area contributed by atoms with Gasteiger partial charge in [0.25, 0.3) is 0 Å². The van der Waals surface area contributed by atoms with E-state index < -0.39 is 97.5 Å². The van der Waals surface area contributed by atoms with Crippen LogP contribution in [-0.2, 0) is 65.4 Å². The second-order valence-corrected chi connectivity index (χ2v) is 32.1. The number of hydrogen-bond donors (Lipinski definition) is 3. The largest absolute Gasteiger partial charge is 0.472 e. The number of aliphatic hydroxyl groups excluding tert-OH is 1. The van der Waals surface area contributed by atoms with Gasteiger partial charge in [0.15, 0.2) is 12.2 Å². The number of aliphatic hydroxyl groups is 1. The Hall–Kier alpha value is -1.94. The molecule has 19 heteroatoms. The van der Waals surface area contributed by atoms with E-state index in [9.17, 15) is 43.2 Å². The highest BCUT2D eigenvalue weighted by atomic mass is 31.2. The molecule has 0 aliphatic heterocycles. The molecule has 0 aromatic rings. The van der Waals surface area contributed by atoms with Gasteiger partial charge >= 0.3 is 39.5 Å². The third-order valence-electron chi connectivity index (χ3n) is 19.1. The van der Waals surface area contributed by atoms with E-state index in [1.54, 1.807) is 0 Å². The number of hydrogen-bond acceptors (Lipinski definition) is 15. The fraction of sp³-hybridized carbons (Fsp3) is 0.951. The molecule has 2 unspecified atom stereocenters. The highest BCUT2D eigenvalue weighted by molar-refractivity contribution is 7.47. The van der Waals surface area contributed by atoms with Gasteiger partial charge in [-0.15, -0.1) is 0 Å². The van der Waals surface area contributed by atoms with Gasteiger partial charge in [0.1, 0.15) is 19.3 Å². The summed E-state index contributed by atoms with van der Waals surface area (Å²) in [6, 6.07) is 0. The molecule has 0 spiro atoms. The zero-order valence-corrected chi connectivity index (χ0v) is 67.0. The molecule has 5 atom stereocenters. The molecular formula is C81H158O17P2. The Morgan fingerprint density at radius 3 is 0.590 bits per heavy atom. The zero-order valence-electron chi connectivity index (χ0n) is 65.2. The van der Waals surface area contributed by atoms with Gasteiger partial charge in [-0.1, -0.05) is 387 Å². The van der Waals surface area contributed by atoms with Crippen molar-refractivity contribution in [2.45, 2.75) is 457 Å². The Bertz CT molecular complexity index is 1890. The van der Waals surface area contributed by atoms with Gasteiger partial charge in [-0.2, -0.15) is 0 Å². The number of carbonyl (C=O) groups is 4. The van der Waals surface area contributed by atoms with Crippen LogP contribution in [-0.4, -0.2) is 96.7 Å². The quantitative estimate of drug-likeness (QED) is 0.0222. The molecule has 0 aliphatic rings. The lowest BCUT2D eigenvalue weighted by molar-refractivity contribution is -0.161. The van der Waals surface area contributed by atoms with Crippen molar-refractivity contribution in [3.05, 3.63) is 0 Å². The number of esters is 4. The maximum absolute atomic E-state index is 13.1. The van der Waals surface area contributed by atoms with Gasteiger partial charge in [0, 0.05) is 25.7 Å². The molecule has 0 saturated heterocycles. The highest BCUT2D eigenvalue weighted by Gasteiger charge is 2.30. The summed E-state index contributed by atoms with van der Waals surface area (Å²) in [5.41, 5.74) is 0. The summed E-state index contributed by atoms with van der Waals surface area (Å²) in [7, 11) is -9.92. The minimum atomic E-state index is -4.96. The normalized spacial score (nSPS) is 13.8. The lowest BCUT2D eigenvalue weighted by atomic mass is 10.0. The van der Waals surface area contributed by atoms with Crippen molar-refractivity contribution < 1.29 is 80.2 Å². The van der Waals surface area contributed by atoms with E-state index in [2.05, 4.69) is 27.7 Å². The molecule has 17 nitrogen and oxygen atoms in total. The molecule has 3 N–H and O–H groups in total. The SMILES string of the molecule is CCCCCCCCCCCCCCCCCCCCC(=O)O[C@H](COC(=O)CCCCCCCCCCCCCCCCCC)COP(=O)(O)OC[C@@H](O)COP(=O)(O)OC[C@@H](COC(=O)CCCCCCCCCCCCCC)OC(=O)CCCCCCCCCCCCCCCC. The molecule has 0 aromatic heterocycles. The minimum Gasteiger partial charge on any atom is -0.462 e. The van der Waals surface area contributed by atoms with Crippen LogP contribution in [0.1, 0.15) is 439 Å². The number of unbranched alkanes of at least 4 members (excludes halogenated alkanes) is 56. The van der Waals surface area contributed by atoms with E-state index >= 15 is 0 Å². The predicted octanol–water partition coefficient (Wildman–Crippen LogP) is 24.6. The monoisotopic (exact) mass is 1470 g/mol. The van der Waals surface area contributed by atoms with E-state index in [0.717, 1.165) is 89.9 Å². The number of rotatable bonds is 82. The van der Waals surface area contributed by atoms with Gasteiger partial charge in [0.05, 0.1) is 26.4 Å². The first-order chi connectivity index (χ1) is 48.7. The molecular weight excluding hydrogens is 1310 g/mol. The highest BCUT2D eigenvalue weighted by Crippen LogP contribution is 2.45. The molecule has 0 aliphatic carbocycles. The number of phosphoric acid groups is 2. The average Bonchev–Trinajstić information content (AvgIpc) is 1.63. The Kier molecular flexibility index (Phi) is 73.8. The fourth-order valence-corrected chi connectivity index (χ4v) is 14.2. The summed E-state index contributed by atoms with van der Waals surface area (Å²) in [6.45, 7) is 5.04. The molecule has 0 amide bonds. The minimum absolute atomic E-state index is 0.109.